The summed E-state index contributed by atoms with van der Waals surface area (Å²) in [6, 6.07) is 11.5. The lowest BCUT2D eigenvalue weighted by atomic mass is 10.1. The fraction of sp³-hybridized carbons (Fsp3) is 0.214. The molecule has 1 heterocycles. The number of furan rings is 1. The summed E-state index contributed by atoms with van der Waals surface area (Å²) in [6.45, 7) is 4.36. The number of carbonyl (C=O) groups is 1. The molecule has 2 rings (SSSR count). The molecule has 0 radical (unpaired) electrons. The van der Waals surface area contributed by atoms with Gasteiger partial charge in [-0.25, -0.2) is 0 Å². The van der Waals surface area contributed by atoms with Gasteiger partial charge < -0.3 is 9.73 Å². The normalized spacial score (nSPS) is 10.2. The average molecular weight is 229 g/mol. The third-order valence-electron chi connectivity index (χ3n) is 2.50. The fourth-order valence-electron chi connectivity index (χ4n) is 1.65. The first kappa shape index (κ1) is 11.5. The number of nitrogens with one attached hydrogen (secondary N) is 1. The van der Waals surface area contributed by atoms with Gasteiger partial charge in [-0.3, -0.25) is 4.79 Å². The van der Waals surface area contributed by atoms with Crippen molar-refractivity contribution in [2.24, 2.45) is 0 Å². The zero-order valence-electron chi connectivity index (χ0n) is 9.99. The van der Waals surface area contributed by atoms with Crippen LogP contribution in [0.25, 0.3) is 0 Å². The van der Waals surface area contributed by atoms with Gasteiger partial charge in [-0.15, -0.1) is 0 Å². The van der Waals surface area contributed by atoms with E-state index in [2.05, 4.69) is 5.32 Å². The molecule has 0 aliphatic heterocycles. The molecular weight excluding hydrogens is 214 g/mol. The highest BCUT2D eigenvalue weighted by Gasteiger charge is 2.08. The van der Waals surface area contributed by atoms with Gasteiger partial charge in [0.25, 0.3) is 5.91 Å². The van der Waals surface area contributed by atoms with Crippen molar-refractivity contribution < 1.29 is 9.21 Å². The second kappa shape index (κ2) is 4.87. The summed E-state index contributed by atoms with van der Waals surface area (Å²) in [5.41, 5.74) is 2.27. The van der Waals surface area contributed by atoms with Crippen LogP contribution in [0, 0.1) is 13.8 Å². The number of benzene rings is 1. The van der Waals surface area contributed by atoms with Crippen molar-refractivity contribution in [1.29, 1.82) is 0 Å². The molecule has 0 spiro atoms. The van der Waals surface area contributed by atoms with Crippen molar-refractivity contribution in [2.45, 2.75) is 20.4 Å². The third-order valence-corrected chi connectivity index (χ3v) is 2.50. The van der Waals surface area contributed by atoms with Crippen molar-refractivity contribution >= 4 is 5.91 Å². The maximum absolute atomic E-state index is 11.7. The van der Waals surface area contributed by atoms with Crippen LogP contribution in [0.3, 0.4) is 0 Å². The minimum Gasteiger partial charge on any atom is -0.456 e. The molecule has 2 aromatic rings. The molecule has 0 unspecified atom stereocenters. The fourth-order valence-corrected chi connectivity index (χ4v) is 1.65. The molecule has 1 aromatic carbocycles. The maximum Gasteiger partial charge on any atom is 0.287 e. The van der Waals surface area contributed by atoms with Crippen molar-refractivity contribution in [2.75, 3.05) is 0 Å². The molecule has 0 aliphatic carbocycles. The van der Waals surface area contributed by atoms with Gasteiger partial charge in [0.2, 0.25) is 0 Å². The van der Waals surface area contributed by atoms with Crippen LogP contribution in [0.4, 0.5) is 0 Å². The van der Waals surface area contributed by atoms with E-state index in [1.165, 1.54) is 5.56 Å². The molecule has 1 N–H and O–H groups in total. The van der Waals surface area contributed by atoms with E-state index in [1.54, 1.807) is 12.1 Å². The standard InChI is InChI=1S/C14H15NO2/c1-10-4-3-5-12(8-10)9-15-14(16)13-7-6-11(2)17-13/h3-8H,9H2,1-2H3,(H,15,16). The third kappa shape index (κ3) is 2.97. The topological polar surface area (TPSA) is 42.2 Å². The molecule has 0 saturated carbocycles. The van der Waals surface area contributed by atoms with Gasteiger partial charge in [-0.2, -0.15) is 0 Å². The predicted molar refractivity (Wildman–Crippen MR) is 65.8 cm³/mol. The number of aryl methyl sites for hydroxylation is 2. The van der Waals surface area contributed by atoms with E-state index in [4.69, 9.17) is 4.42 Å². The Balaban J connectivity index is 1.97. The number of hydrogen-bond acceptors (Lipinski definition) is 2. The van der Waals surface area contributed by atoms with E-state index in [9.17, 15) is 4.79 Å². The molecule has 0 saturated heterocycles. The lowest BCUT2D eigenvalue weighted by Crippen LogP contribution is -2.22. The molecular formula is C14H15NO2. The average Bonchev–Trinajstić information content (AvgIpc) is 2.73. The highest BCUT2D eigenvalue weighted by Crippen LogP contribution is 2.07. The van der Waals surface area contributed by atoms with E-state index < -0.39 is 0 Å². The largest absolute Gasteiger partial charge is 0.456 e. The quantitative estimate of drug-likeness (QED) is 0.879. The Bertz CT molecular complexity index is 529. The lowest BCUT2D eigenvalue weighted by Gasteiger charge is -2.04. The van der Waals surface area contributed by atoms with Crippen molar-refractivity contribution in [3.8, 4) is 0 Å². The predicted octanol–water partition coefficient (Wildman–Crippen LogP) is 2.83. The number of carbonyl (C=O) groups excluding carboxylic acids is 1. The molecule has 0 atom stereocenters. The van der Waals surface area contributed by atoms with Crippen LogP contribution in [0.15, 0.2) is 40.8 Å². The maximum atomic E-state index is 11.7. The van der Waals surface area contributed by atoms with Crippen LogP contribution in [-0.2, 0) is 6.54 Å². The number of rotatable bonds is 3. The second-order valence-electron chi connectivity index (χ2n) is 4.08. The summed E-state index contributed by atoms with van der Waals surface area (Å²) in [5.74, 6) is 0.917. The van der Waals surface area contributed by atoms with Gasteiger partial charge in [0, 0.05) is 6.54 Å². The van der Waals surface area contributed by atoms with Crippen molar-refractivity contribution in [3.63, 3.8) is 0 Å². The van der Waals surface area contributed by atoms with Gasteiger partial charge in [0.15, 0.2) is 5.76 Å². The Labute approximate surface area is 100 Å². The van der Waals surface area contributed by atoms with Gasteiger partial charge in [-0.1, -0.05) is 29.8 Å². The SMILES string of the molecule is Cc1cccc(CNC(=O)c2ccc(C)o2)c1. The van der Waals surface area contributed by atoms with Crippen LogP contribution in [0.1, 0.15) is 27.4 Å². The number of hydrogen-bond donors (Lipinski definition) is 1. The van der Waals surface area contributed by atoms with Crippen LogP contribution >= 0.6 is 0 Å². The van der Waals surface area contributed by atoms with E-state index >= 15 is 0 Å². The zero-order chi connectivity index (χ0) is 12.3. The Hall–Kier alpha value is -2.03. The Morgan fingerprint density at radius 3 is 2.71 bits per heavy atom. The smallest absolute Gasteiger partial charge is 0.287 e. The first-order chi connectivity index (χ1) is 8.15. The Morgan fingerprint density at radius 2 is 2.06 bits per heavy atom. The minimum atomic E-state index is -0.181. The highest BCUT2D eigenvalue weighted by molar-refractivity contribution is 5.91. The van der Waals surface area contributed by atoms with E-state index in [-0.39, 0.29) is 5.91 Å². The highest BCUT2D eigenvalue weighted by atomic mass is 16.3. The summed E-state index contributed by atoms with van der Waals surface area (Å²) >= 11 is 0. The van der Waals surface area contributed by atoms with Crippen molar-refractivity contribution in [1.82, 2.24) is 5.32 Å². The van der Waals surface area contributed by atoms with Crippen LogP contribution < -0.4 is 5.32 Å². The molecule has 1 aromatic heterocycles. The first-order valence-electron chi connectivity index (χ1n) is 5.55. The van der Waals surface area contributed by atoms with Crippen LogP contribution in [-0.4, -0.2) is 5.91 Å². The van der Waals surface area contributed by atoms with Crippen molar-refractivity contribution in [3.05, 3.63) is 59.0 Å². The Kier molecular flexibility index (Phi) is 3.28. The second-order valence-corrected chi connectivity index (χ2v) is 4.08. The molecule has 3 heteroatoms. The van der Waals surface area contributed by atoms with Gasteiger partial charge >= 0.3 is 0 Å². The summed E-state index contributed by atoms with van der Waals surface area (Å²) in [6.07, 6.45) is 0. The molecule has 0 bridgehead atoms. The molecule has 88 valence electrons. The molecule has 0 fully saturated rings. The van der Waals surface area contributed by atoms with Gasteiger partial charge in [-0.05, 0) is 31.5 Å². The Morgan fingerprint density at radius 1 is 1.24 bits per heavy atom. The molecule has 3 nitrogen and oxygen atoms in total. The summed E-state index contributed by atoms with van der Waals surface area (Å²) in [5, 5.41) is 2.82. The first-order valence-corrected chi connectivity index (χ1v) is 5.55. The van der Waals surface area contributed by atoms with E-state index in [0.29, 0.717) is 12.3 Å². The van der Waals surface area contributed by atoms with E-state index in [0.717, 1.165) is 11.3 Å². The summed E-state index contributed by atoms with van der Waals surface area (Å²) in [4.78, 5) is 11.7. The molecule has 17 heavy (non-hydrogen) atoms. The van der Waals surface area contributed by atoms with Gasteiger partial charge in [0.05, 0.1) is 0 Å². The summed E-state index contributed by atoms with van der Waals surface area (Å²) in [7, 11) is 0. The van der Waals surface area contributed by atoms with Crippen LogP contribution in [0.5, 0.6) is 0 Å². The van der Waals surface area contributed by atoms with Gasteiger partial charge in [0.1, 0.15) is 5.76 Å². The molecule has 1 amide bonds. The minimum absolute atomic E-state index is 0.181. The summed E-state index contributed by atoms with van der Waals surface area (Å²) < 4.78 is 5.25. The monoisotopic (exact) mass is 229 g/mol. The lowest BCUT2D eigenvalue weighted by molar-refractivity contribution is 0.0922. The number of amides is 1. The van der Waals surface area contributed by atoms with Crippen LogP contribution in [0.2, 0.25) is 0 Å². The molecule has 0 aliphatic rings. The zero-order valence-corrected chi connectivity index (χ0v) is 9.99. The van der Waals surface area contributed by atoms with E-state index in [1.807, 2.05) is 38.1 Å².